The minimum Gasteiger partial charge on any atom is -0.213 e. The molecule has 0 amide bonds. The van der Waals surface area contributed by atoms with Crippen molar-refractivity contribution < 1.29 is 35.6 Å². The topological polar surface area (TPSA) is 0 Å². The number of hydrogen-bond acceptors (Lipinski definition) is 0. The quantitative estimate of drug-likeness (QED) is 0.353. The molecule has 0 saturated heterocycles. The van der Waals surface area contributed by atoms with Crippen molar-refractivity contribution >= 4 is 0 Å². The average Bonchev–Trinajstić information content (AvgIpc) is 3.29. The van der Waals surface area contributed by atoms with Gasteiger partial charge in [0.05, 0.1) is 0 Å². The van der Waals surface area contributed by atoms with E-state index in [1.807, 2.05) is 0 Å². The van der Waals surface area contributed by atoms with E-state index in [1.165, 1.54) is 16.7 Å². The molecule has 0 fully saturated rings. The predicted octanol–water partition coefficient (Wildman–Crippen LogP) is 7.59. The van der Waals surface area contributed by atoms with Gasteiger partial charge in [-0.05, 0) is 0 Å². The first kappa shape index (κ1) is 24.2. The second-order valence-corrected chi connectivity index (χ2v) is 7.12. The van der Waals surface area contributed by atoms with E-state index in [2.05, 4.69) is 114 Å². The van der Waals surface area contributed by atoms with Gasteiger partial charge in [0, 0.05) is 0 Å². The first-order chi connectivity index (χ1) is 11.4. The molecule has 132 valence electrons. The van der Waals surface area contributed by atoms with Crippen LogP contribution in [0.3, 0.4) is 0 Å². The summed E-state index contributed by atoms with van der Waals surface area (Å²) >= 11 is 0. The van der Waals surface area contributed by atoms with Gasteiger partial charge in [0.25, 0.3) is 0 Å². The summed E-state index contributed by atoms with van der Waals surface area (Å²) in [6, 6.07) is 25.4. The average molecular weight is 460 g/mol. The molecule has 0 bridgehead atoms. The van der Waals surface area contributed by atoms with Crippen LogP contribution in [0.15, 0.2) is 72.8 Å². The van der Waals surface area contributed by atoms with Crippen molar-refractivity contribution in [1.82, 2.24) is 0 Å². The summed E-state index contributed by atoms with van der Waals surface area (Å²) in [5, 5.41) is 0. The summed E-state index contributed by atoms with van der Waals surface area (Å²) in [6.07, 6.45) is 0. The normalized spacial score (nSPS) is 9.96. The van der Waals surface area contributed by atoms with Gasteiger partial charge in [-0.1, -0.05) is 59.3 Å². The van der Waals surface area contributed by atoms with Crippen LogP contribution in [0.4, 0.5) is 0 Å². The maximum absolute atomic E-state index is 2.20. The van der Waals surface area contributed by atoms with Gasteiger partial charge in [-0.25, -0.2) is 36.4 Å². The van der Waals surface area contributed by atoms with Crippen LogP contribution in [0.1, 0.15) is 76.0 Å². The SMILES string of the molecule is CC(C)[c-]1cccc1.CC(C)[c-]1cccc1.CC(C)[c-]1cccc1.[La+3]. The predicted molar refractivity (Wildman–Crippen MR) is 108 cm³/mol. The van der Waals surface area contributed by atoms with Gasteiger partial charge < -0.3 is 0 Å². The van der Waals surface area contributed by atoms with Crippen molar-refractivity contribution in [2.45, 2.75) is 59.3 Å². The monoisotopic (exact) mass is 460 g/mol. The van der Waals surface area contributed by atoms with E-state index in [0.29, 0.717) is 17.8 Å². The Balaban J connectivity index is 0.000000339. The number of hydrogen-bond donors (Lipinski definition) is 0. The fourth-order valence-corrected chi connectivity index (χ4v) is 2.32. The minimum absolute atomic E-state index is 0. The summed E-state index contributed by atoms with van der Waals surface area (Å²) in [5.41, 5.74) is 4.31. The van der Waals surface area contributed by atoms with Crippen LogP contribution >= 0.6 is 0 Å². The van der Waals surface area contributed by atoms with Gasteiger partial charge in [-0.3, -0.25) is 0 Å². The molecule has 0 spiro atoms. The molecule has 0 heterocycles. The molecule has 1 heteroatoms. The van der Waals surface area contributed by atoms with Crippen molar-refractivity contribution in [3.05, 3.63) is 89.5 Å². The van der Waals surface area contributed by atoms with E-state index in [4.69, 9.17) is 0 Å². The molecule has 0 aliphatic rings. The Morgan fingerprint density at radius 1 is 0.400 bits per heavy atom. The van der Waals surface area contributed by atoms with Crippen LogP contribution in [0.5, 0.6) is 0 Å². The van der Waals surface area contributed by atoms with Gasteiger partial charge in [0.2, 0.25) is 0 Å². The van der Waals surface area contributed by atoms with Crippen molar-refractivity contribution in [1.29, 1.82) is 0 Å². The van der Waals surface area contributed by atoms with Gasteiger partial charge in [-0.15, -0.1) is 0 Å². The van der Waals surface area contributed by atoms with E-state index < -0.39 is 0 Å². The van der Waals surface area contributed by atoms with E-state index in [0.717, 1.165) is 0 Å². The largest absolute Gasteiger partial charge is 3.00 e. The van der Waals surface area contributed by atoms with E-state index in [9.17, 15) is 0 Å². The van der Waals surface area contributed by atoms with Crippen molar-refractivity contribution in [2.75, 3.05) is 0 Å². The molecule has 0 unspecified atom stereocenters. The molecule has 0 aliphatic heterocycles. The van der Waals surface area contributed by atoms with Gasteiger partial charge in [0.15, 0.2) is 0 Å². The Hall–Kier alpha value is -0.755. The molecular formula is C24H33La. The van der Waals surface area contributed by atoms with Crippen LogP contribution in [0, 0.1) is 35.6 Å². The Kier molecular flexibility index (Phi) is 13.0. The molecule has 0 atom stereocenters. The Morgan fingerprint density at radius 2 is 0.560 bits per heavy atom. The number of rotatable bonds is 3. The summed E-state index contributed by atoms with van der Waals surface area (Å²) in [6.45, 7) is 13.2. The molecule has 3 aromatic rings. The minimum atomic E-state index is 0. The zero-order valence-corrected chi connectivity index (χ0v) is 20.4. The summed E-state index contributed by atoms with van der Waals surface area (Å²) in [4.78, 5) is 0. The molecule has 0 aromatic heterocycles. The summed E-state index contributed by atoms with van der Waals surface area (Å²) < 4.78 is 0. The van der Waals surface area contributed by atoms with Crippen LogP contribution in [0.2, 0.25) is 0 Å². The Morgan fingerprint density at radius 3 is 0.640 bits per heavy atom. The summed E-state index contributed by atoms with van der Waals surface area (Å²) in [7, 11) is 0. The molecule has 0 aliphatic carbocycles. The third kappa shape index (κ3) is 10.1. The van der Waals surface area contributed by atoms with Crippen molar-refractivity contribution in [2.24, 2.45) is 0 Å². The molecule has 3 rings (SSSR count). The van der Waals surface area contributed by atoms with E-state index >= 15 is 0 Å². The van der Waals surface area contributed by atoms with Crippen molar-refractivity contribution in [3.63, 3.8) is 0 Å². The molecule has 0 nitrogen and oxygen atoms in total. The maximum atomic E-state index is 2.20. The standard InChI is InChI=1S/3C8H11.La/c3*1-7(2)8-5-3-4-6-8;/h3*3-7H,1-2H3;/q3*-1;+3. The molecular weight excluding hydrogens is 427 g/mol. The van der Waals surface area contributed by atoms with Crippen molar-refractivity contribution in [3.8, 4) is 0 Å². The van der Waals surface area contributed by atoms with Gasteiger partial charge in [0.1, 0.15) is 0 Å². The third-order valence-corrected chi connectivity index (χ3v) is 4.07. The molecule has 3 aromatic carbocycles. The van der Waals surface area contributed by atoms with Crippen LogP contribution in [-0.2, 0) is 0 Å². The molecule has 0 saturated carbocycles. The fourth-order valence-electron chi connectivity index (χ4n) is 2.32. The van der Waals surface area contributed by atoms with Crippen LogP contribution in [-0.4, -0.2) is 0 Å². The smallest absolute Gasteiger partial charge is 0.213 e. The van der Waals surface area contributed by atoms with Crippen LogP contribution < -0.4 is 0 Å². The molecule has 0 N–H and O–H groups in total. The first-order valence-corrected chi connectivity index (χ1v) is 9.06. The van der Waals surface area contributed by atoms with E-state index in [1.54, 1.807) is 0 Å². The third-order valence-electron chi connectivity index (χ3n) is 4.07. The Labute approximate surface area is 183 Å². The van der Waals surface area contributed by atoms with Gasteiger partial charge >= 0.3 is 35.6 Å². The molecule has 0 radical (unpaired) electrons. The maximum Gasteiger partial charge on any atom is 3.00 e. The zero-order valence-electron chi connectivity index (χ0n) is 16.7. The second-order valence-electron chi connectivity index (χ2n) is 7.12. The zero-order chi connectivity index (χ0) is 17.9. The summed E-state index contributed by atoms with van der Waals surface area (Å²) in [5.74, 6) is 2.06. The van der Waals surface area contributed by atoms with Crippen LogP contribution in [0.25, 0.3) is 0 Å². The fraction of sp³-hybridized carbons (Fsp3) is 0.375. The molecule has 25 heavy (non-hydrogen) atoms. The first-order valence-electron chi connectivity index (χ1n) is 9.06. The second kappa shape index (κ2) is 13.4. The van der Waals surface area contributed by atoms with Gasteiger partial charge in [-0.2, -0.15) is 53.1 Å². The Bertz CT molecular complexity index is 502. The van der Waals surface area contributed by atoms with E-state index in [-0.39, 0.29) is 35.6 Å².